The van der Waals surface area contributed by atoms with E-state index in [9.17, 15) is 0 Å². The summed E-state index contributed by atoms with van der Waals surface area (Å²) in [4.78, 5) is 2.50. The van der Waals surface area contributed by atoms with E-state index in [0.29, 0.717) is 0 Å². The molecule has 0 atom stereocenters. The van der Waals surface area contributed by atoms with Crippen LogP contribution in [0, 0.1) is 0 Å². The van der Waals surface area contributed by atoms with Crippen LogP contribution >= 0.6 is 11.3 Å². The fraction of sp³-hybridized carbons (Fsp3) is 0. The van der Waals surface area contributed by atoms with Crippen LogP contribution in [0.2, 0.25) is 0 Å². The Morgan fingerprint density at radius 3 is 1.88 bits per heavy atom. The first kappa shape index (κ1) is 27.2. The summed E-state index contributed by atoms with van der Waals surface area (Å²) in [5.74, 6) is 0. The van der Waals surface area contributed by atoms with E-state index in [1.54, 1.807) is 0 Å². The molecule has 0 aliphatic carbocycles. The van der Waals surface area contributed by atoms with Gasteiger partial charge in [-0.2, -0.15) is 0 Å². The second-order valence-electron chi connectivity index (χ2n) is 12.5. The topological polar surface area (TPSA) is 3.24 Å². The monoisotopic (exact) mass is 627 g/mol. The van der Waals surface area contributed by atoms with Gasteiger partial charge in [0.25, 0.3) is 0 Å². The van der Waals surface area contributed by atoms with Crippen LogP contribution in [0.25, 0.3) is 74.4 Å². The first-order valence-corrected chi connectivity index (χ1v) is 17.3. The molecule has 1 nitrogen and oxygen atoms in total. The van der Waals surface area contributed by atoms with Gasteiger partial charge in [0.15, 0.2) is 0 Å². The lowest BCUT2D eigenvalue weighted by Crippen LogP contribution is -2.11. The van der Waals surface area contributed by atoms with Crippen molar-refractivity contribution in [1.29, 1.82) is 0 Å². The van der Waals surface area contributed by atoms with E-state index >= 15 is 0 Å². The number of anilines is 3. The molecule has 0 amide bonds. The van der Waals surface area contributed by atoms with Crippen molar-refractivity contribution in [2.75, 3.05) is 4.90 Å². The van der Waals surface area contributed by atoms with Crippen molar-refractivity contribution in [2.45, 2.75) is 0 Å². The predicted molar refractivity (Wildman–Crippen MR) is 209 cm³/mol. The van der Waals surface area contributed by atoms with E-state index in [4.69, 9.17) is 0 Å². The van der Waals surface area contributed by atoms with E-state index in [0.717, 1.165) is 5.69 Å². The van der Waals surface area contributed by atoms with E-state index < -0.39 is 0 Å². The number of benzene rings is 9. The first-order chi connectivity index (χ1) is 23.8. The number of fused-ring (bicyclic) bond motifs is 10. The lowest BCUT2D eigenvalue weighted by atomic mass is 9.95. The summed E-state index contributed by atoms with van der Waals surface area (Å²) in [5, 5.41) is 12.8. The van der Waals surface area contributed by atoms with Gasteiger partial charge >= 0.3 is 0 Å². The number of hydrogen-bond acceptors (Lipinski definition) is 2. The maximum atomic E-state index is 2.50. The summed E-state index contributed by atoms with van der Waals surface area (Å²) in [6.45, 7) is 0. The molecule has 1 heterocycles. The summed E-state index contributed by atoms with van der Waals surface area (Å²) < 4.78 is 2.63. The van der Waals surface area contributed by atoms with Crippen LogP contribution in [-0.4, -0.2) is 0 Å². The summed E-state index contributed by atoms with van der Waals surface area (Å²) in [7, 11) is 0. The molecule has 0 spiro atoms. The zero-order chi connectivity index (χ0) is 31.6. The molecule has 0 unspecified atom stereocenters. The second kappa shape index (κ2) is 10.8. The highest BCUT2D eigenvalue weighted by Crippen LogP contribution is 2.48. The van der Waals surface area contributed by atoms with Crippen molar-refractivity contribution in [3.05, 3.63) is 176 Å². The summed E-state index contributed by atoms with van der Waals surface area (Å²) in [6.07, 6.45) is 0. The Morgan fingerprint density at radius 1 is 0.354 bits per heavy atom. The lowest BCUT2D eigenvalue weighted by Gasteiger charge is -2.28. The van der Waals surface area contributed by atoms with Crippen LogP contribution < -0.4 is 4.90 Å². The minimum Gasteiger partial charge on any atom is -0.309 e. The minimum atomic E-state index is 1.13. The summed E-state index contributed by atoms with van der Waals surface area (Å²) in [6, 6.07) is 64.5. The SMILES string of the molecule is c1ccc(-c2cccc(N(c3cccc4c3ccc3ccc5ccccc5c34)c3cccc4sc5c6ccccc6ccc5c34)c2)cc1. The van der Waals surface area contributed by atoms with Crippen molar-refractivity contribution < 1.29 is 0 Å². The molecule has 0 N–H and O–H groups in total. The highest BCUT2D eigenvalue weighted by molar-refractivity contribution is 7.26. The van der Waals surface area contributed by atoms with Gasteiger partial charge in [-0.05, 0) is 79.2 Å². The quantitative estimate of drug-likeness (QED) is 0.176. The van der Waals surface area contributed by atoms with Crippen molar-refractivity contribution >= 4 is 91.7 Å². The summed E-state index contributed by atoms with van der Waals surface area (Å²) >= 11 is 1.89. The molecule has 224 valence electrons. The highest BCUT2D eigenvalue weighted by Gasteiger charge is 2.22. The zero-order valence-corrected chi connectivity index (χ0v) is 26.9. The van der Waals surface area contributed by atoms with E-state index in [2.05, 4.69) is 181 Å². The molecule has 0 saturated carbocycles. The Morgan fingerprint density at radius 2 is 0.979 bits per heavy atom. The Hall–Kier alpha value is -5.96. The molecule has 9 aromatic carbocycles. The van der Waals surface area contributed by atoms with Gasteiger partial charge in [0.2, 0.25) is 0 Å². The third-order valence-corrected chi connectivity index (χ3v) is 11.0. The molecule has 0 fully saturated rings. The Balaban J connectivity index is 1.31. The fourth-order valence-corrected chi connectivity index (χ4v) is 8.89. The predicted octanol–water partition coefficient (Wildman–Crippen LogP) is 13.8. The second-order valence-corrected chi connectivity index (χ2v) is 13.5. The van der Waals surface area contributed by atoms with Crippen molar-refractivity contribution in [3.8, 4) is 11.1 Å². The Bertz CT molecular complexity index is 2850. The lowest BCUT2D eigenvalue weighted by molar-refractivity contribution is 1.32. The number of thiophene rings is 1. The molecule has 0 radical (unpaired) electrons. The molecule has 0 saturated heterocycles. The Kier molecular flexibility index (Phi) is 6.12. The molecule has 1 aromatic heterocycles. The van der Waals surface area contributed by atoms with Crippen LogP contribution in [0.5, 0.6) is 0 Å². The van der Waals surface area contributed by atoms with Crippen LogP contribution in [0.15, 0.2) is 176 Å². The molecule has 0 aliphatic rings. The normalized spacial score (nSPS) is 11.8. The number of hydrogen-bond donors (Lipinski definition) is 0. The maximum Gasteiger partial charge on any atom is 0.0555 e. The van der Waals surface area contributed by atoms with Gasteiger partial charge in [0.1, 0.15) is 0 Å². The molecular weight excluding hydrogens is 599 g/mol. The molecule has 10 aromatic rings. The van der Waals surface area contributed by atoms with Gasteiger partial charge in [0, 0.05) is 31.2 Å². The number of nitrogens with zero attached hydrogens (tertiary/aromatic N) is 1. The smallest absolute Gasteiger partial charge is 0.0555 e. The number of rotatable bonds is 4. The van der Waals surface area contributed by atoms with Gasteiger partial charge in [-0.1, -0.05) is 146 Å². The van der Waals surface area contributed by atoms with Crippen molar-refractivity contribution in [3.63, 3.8) is 0 Å². The van der Waals surface area contributed by atoms with Gasteiger partial charge in [-0.15, -0.1) is 11.3 Å². The van der Waals surface area contributed by atoms with Gasteiger partial charge in [-0.3, -0.25) is 0 Å². The molecular formula is C46H29NS. The standard InChI is InChI=1S/C46H29NS/c1-2-11-30(12-3-1)34-15-8-16-35(29-34)47(42-21-10-22-43-45(42)40-28-25-32-14-5-7-18-37(32)46(40)48-43)41-20-9-19-39-38(41)27-26-33-24-23-31-13-4-6-17-36(31)44(33)39/h1-29H. The summed E-state index contributed by atoms with van der Waals surface area (Å²) in [5.41, 5.74) is 5.89. The van der Waals surface area contributed by atoms with Gasteiger partial charge in [0.05, 0.1) is 11.4 Å². The Labute approximate surface area is 282 Å². The minimum absolute atomic E-state index is 1.13. The van der Waals surface area contributed by atoms with Gasteiger partial charge < -0.3 is 4.90 Å². The van der Waals surface area contributed by atoms with Gasteiger partial charge in [-0.25, -0.2) is 0 Å². The van der Waals surface area contributed by atoms with Crippen LogP contribution in [0.1, 0.15) is 0 Å². The van der Waals surface area contributed by atoms with Crippen LogP contribution in [0.4, 0.5) is 17.1 Å². The molecule has 0 aliphatic heterocycles. The highest BCUT2D eigenvalue weighted by atomic mass is 32.1. The average molecular weight is 628 g/mol. The molecule has 48 heavy (non-hydrogen) atoms. The van der Waals surface area contributed by atoms with E-state index in [1.165, 1.54) is 85.8 Å². The average Bonchev–Trinajstić information content (AvgIpc) is 3.55. The third-order valence-electron chi connectivity index (χ3n) is 9.80. The third kappa shape index (κ3) is 4.17. The molecule has 2 heteroatoms. The van der Waals surface area contributed by atoms with Crippen LogP contribution in [-0.2, 0) is 0 Å². The molecule has 0 bridgehead atoms. The molecule has 10 rings (SSSR count). The van der Waals surface area contributed by atoms with Crippen molar-refractivity contribution in [2.24, 2.45) is 0 Å². The van der Waals surface area contributed by atoms with E-state index in [1.807, 2.05) is 11.3 Å². The largest absolute Gasteiger partial charge is 0.309 e. The van der Waals surface area contributed by atoms with Crippen LogP contribution in [0.3, 0.4) is 0 Å². The fourth-order valence-electron chi connectivity index (χ4n) is 7.63. The first-order valence-electron chi connectivity index (χ1n) is 16.4. The van der Waals surface area contributed by atoms with Crippen molar-refractivity contribution in [1.82, 2.24) is 0 Å². The van der Waals surface area contributed by atoms with E-state index in [-0.39, 0.29) is 0 Å². The maximum absolute atomic E-state index is 2.50. The zero-order valence-electron chi connectivity index (χ0n) is 26.1.